The third-order valence-corrected chi connectivity index (χ3v) is 3.85. The first-order chi connectivity index (χ1) is 12.5. The first-order valence-corrected chi connectivity index (χ1v) is 7.91. The van der Waals surface area contributed by atoms with Crippen molar-refractivity contribution < 1.29 is 24.2 Å². The Hall–Kier alpha value is -3.26. The molecule has 0 saturated carbocycles. The number of para-hydroxylation sites is 1. The van der Waals surface area contributed by atoms with Gasteiger partial charge in [0, 0.05) is 5.69 Å². The Kier molecular flexibility index (Phi) is 6.25. The van der Waals surface area contributed by atoms with Crippen LogP contribution in [0.3, 0.4) is 0 Å². The molecular formula is C18H18ClN3O5. The summed E-state index contributed by atoms with van der Waals surface area (Å²) in [5.74, 6) is -1.86. The fourth-order valence-corrected chi connectivity index (χ4v) is 2.74. The van der Waals surface area contributed by atoms with E-state index in [0.717, 1.165) is 5.56 Å². The lowest BCUT2D eigenvalue weighted by molar-refractivity contribution is 0.0676. The van der Waals surface area contributed by atoms with Crippen molar-refractivity contribution in [2.75, 3.05) is 11.9 Å². The third kappa shape index (κ3) is 4.48. The maximum atomic E-state index is 12.6. The zero-order chi connectivity index (χ0) is 18.7. The minimum absolute atomic E-state index is 0. The number of halogens is 1. The lowest BCUT2D eigenvalue weighted by Gasteiger charge is -2.18. The fraction of sp³-hybridized carbons (Fsp3) is 0.167. The van der Waals surface area contributed by atoms with Gasteiger partial charge >= 0.3 is 11.9 Å². The largest absolute Gasteiger partial charge is 0.489 e. The normalized spacial score (nSPS) is 13.0. The number of carboxylic acids is 1. The second kappa shape index (κ2) is 8.41. The van der Waals surface area contributed by atoms with Gasteiger partial charge in [-0.1, -0.05) is 6.07 Å². The zero-order valence-electron chi connectivity index (χ0n) is 14.2. The highest BCUT2D eigenvalue weighted by molar-refractivity contribution is 5.96. The van der Waals surface area contributed by atoms with Crippen molar-refractivity contribution in [2.45, 2.75) is 12.8 Å². The van der Waals surface area contributed by atoms with E-state index in [2.05, 4.69) is 5.32 Å². The Morgan fingerprint density at radius 2 is 2.04 bits per heavy atom. The van der Waals surface area contributed by atoms with Crippen LogP contribution in [0, 0.1) is 5.41 Å². The molecule has 0 fully saturated rings. The van der Waals surface area contributed by atoms with Crippen molar-refractivity contribution in [3.8, 4) is 11.5 Å². The van der Waals surface area contributed by atoms with Crippen LogP contribution < -0.4 is 20.5 Å². The van der Waals surface area contributed by atoms with Crippen LogP contribution >= 0.6 is 12.4 Å². The lowest BCUT2D eigenvalue weighted by atomic mass is 10.0. The molecule has 0 aliphatic carbocycles. The summed E-state index contributed by atoms with van der Waals surface area (Å²) in [6.45, 7) is 0.263. The third-order valence-electron chi connectivity index (χ3n) is 3.85. The molecule has 1 aliphatic heterocycles. The second-order valence-electron chi connectivity index (χ2n) is 5.69. The quantitative estimate of drug-likeness (QED) is 0.267. The first kappa shape index (κ1) is 20.1. The number of carbonyl (C=O) groups is 2. The summed E-state index contributed by atoms with van der Waals surface area (Å²) < 4.78 is 11.0. The van der Waals surface area contributed by atoms with Crippen LogP contribution in [0.1, 0.15) is 32.7 Å². The molecule has 0 saturated heterocycles. The number of fused-ring (bicyclic) bond motifs is 2. The van der Waals surface area contributed by atoms with Gasteiger partial charge in [0.05, 0.1) is 12.2 Å². The van der Waals surface area contributed by atoms with Gasteiger partial charge < -0.3 is 25.6 Å². The standard InChI is InChI=1S/C18H17N3O5.ClH/c19-18(20)21-11-6-7-12-10(9-11)3-2-8-25-15-13(16(22)23)4-1-5-14(15)26-17(12)24;/h1,4-7,9H,2-3,8H2,(H,22,23)(H4,19,20,21);1H. The van der Waals surface area contributed by atoms with Gasteiger partial charge in [-0.05, 0) is 48.7 Å². The molecule has 8 nitrogen and oxygen atoms in total. The number of anilines is 1. The molecule has 0 spiro atoms. The van der Waals surface area contributed by atoms with E-state index in [1.54, 1.807) is 18.2 Å². The van der Waals surface area contributed by atoms with E-state index in [1.807, 2.05) is 0 Å². The van der Waals surface area contributed by atoms with Crippen molar-refractivity contribution in [3.63, 3.8) is 0 Å². The molecule has 0 unspecified atom stereocenters. The molecule has 1 heterocycles. The van der Waals surface area contributed by atoms with Crippen LogP contribution in [-0.2, 0) is 6.42 Å². The number of hydrogen-bond acceptors (Lipinski definition) is 5. The van der Waals surface area contributed by atoms with Gasteiger partial charge in [-0.3, -0.25) is 5.41 Å². The highest BCUT2D eigenvalue weighted by Crippen LogP contribution is 2.33. The zero-order valence-corrected chi connectivity index (χ0v) is 15.0. The molecule has 0 bridgehead atoms. The Morgan fingerprint density at radius 1 is 1.26 bits per heavy atom. The van der Waals surface area contributed by atoms with E-state index in [1.165, 1.54) is 18.2 Å². The van der Waals surface area contributed by atoms with E-state index in [-0.39, 0.29) is 42.0 Å². The Bertz CT molecular complexity index is 901. The number of esters is 1. The van der Waals surface area contributed by atoms with Crippen LogP contribution in [0.15, 0.2) is 36.4 Å². The smallest absolute Gasteiger partial charge is 0.343 e. The summed E-state index contributed by atoms with van der Waals surface area (Å²) in [6, 6.07) is 9.32. The van der Waals surface area contributed by atoms with Gasteiger partial charge in [-0.15, -0.1) is 12.4 Å². The van der Waals surface area contributed by atoms with Gasteiger partial charge in [0.2, 0.25) is 0 Å². The molecule has 0 amide bonds. The van der Waals surface area contributed by atoms with Gasteiger partial charge in [0.15, 0.2) is 17.5 Å². The van der Waals surface area contributed by atoms with E-state index in [4.69, 9.17) is 20.6 Å². The van der Waals surface area contributed by atoms with Gasteiger partial charge in [0.25, 0.3) is 0 Å². The average Bonchev–Trinajstić information content (AvgIpc) is 2.58. The van der Waals surface area contributed by atoms with Crippen LogP contribution in [0.5, 0.6) is 11.5 Å². The van der Waals surface area contributed by atoms with Gasteiger partial charge in [-0.25, -0.2) is 9.59 Å². The Balaban J connectivity index is 0.00000261. The van der Waals surface area contributed by atoms with Crippen LogP contribution in [0.2, 0.25) is 0 Å². The summed E-state index contributed by atoms with van der Waals surface area (Å²) in [7, 11) is 0. The monoisotopic (exact) mass is 391 g/mol. The highest BCUT2D eigenvalue weighted by atomic mass is 35.5. The number of carbonyl (C=O) groups excluding carboxylic acids is 1. The second-order valence-corrected chi connectivity index (χ2v) is 5.69. The first-order valence-electron chi connectivity index (χ1n) is 7.91. The Morgan fingerprint density at radius 3 is 2.74 bits per heavy atom. The van der Waals surface area contributed by atoms with Crippen LogP contribution in [0.4, 0.5) is 5.69 Å². The number of benzene rings is 2. The number of nitrogens with two attached hydrogens (primary N) is 1. The number of guanidine groups is 1. The molecule has 9 heteroatoms. The molecule has 2 aromatic rings. The molecule has 3 rings (SSSR count). The molecule has 0 radical (unpaired) electrons. The Labute approximate surface area is 161 Å². The summed E-state index contributed by atoms with van der Waals surface area (Å²) in [4.78, 5) is 24.0. The summed E-state index contributed by atoms with van der Waals surface area (Å²) in [5.41, 5.74) is 6.96. The molecule has 142 valence electrons. The van der Waals surface area contributed by atoms with Crippen molar-refractivity contribution in [2.24, 2.45) is 5.73 Å². The topological polar surface area (TPSA) is 135 Å². The maximum absolute atomic E-state index is 12.6. The van der Waals surface area contributed by atoms with Gasteiger partial charge in [-0.2, -0.15) is 0 Å². The summed E-state index contributed by atoms with van der Waals surface area (Å²) in [5, 5.41) is 19.3. The van der Waals surface area contributed by atoms with E-state index >= 15 is 0 Å². The molecule has 27 heavy (non-hydrogen) atoms. The number of ether oxygens (including phenoxy) is 2. The van der Waals surface area contributed by atoms with Crippen molar-refractivity contribution in [1.29, 1.82) is 5.41 Å². The number of aryl methyl sites for hydroxylation is 1. The highest BCUT2D eigenvalue weighted by Gasteiger charge is 2.22. The van der Waals surface area contributed by atoms with Gasteiger partial charge in [0.1, 0.15) is 5.56 Å². The van der Waals surface area contributed by atoms with Crippen molar-refractivity contribution >= 4 is 36.0 Å². The summed E-state index contributed by atoms with van der Waals surface area (Å²) in [6.07, 6.45) is 1.08. The van der Waals surface area contributed by atoms with Crippen LogP contribution in [-0.4, -0.2) is 29.6 Å². The number of hydrogen-bond donors (Lipinski definition) is 4. The number of nitrogens with one attached hydrogen (secondary N) is 2. The minimum Gasteiger partial charge on any atom is -0.489 e. The summed E-state index contributed by atoms with van der Waals surface area (Å²) >= 11 is 0. The average molecular weight is 392 g/mol. The molecule has 0 aromatic heterocycles. The SMILES string of the molecule is Cl.N=C(N)Nc1ccc2c(c1)CCCOc1c(cccc1C(=O)O)OC2=O. The van der Waals surface area contributed by atoms with Crippen LogP contribution in [0.25, 0.3) is 0 Å². The lowest BCUT2D eigenvalue weighted by Crippen LogP contribution is -2.21. The molecule has 2 aromatic carbocycles. The maximum Gasteiger partial charge on any atom is 0.343 e. The number of carboxylic acid groups (broad SMARTS) is 1. The molecule has 1 aliphatic rings. The fourth-order valence-electron chi connectivity index (χ4n) is 2.74. The minimum atomic E-state index is -1.16. The van der Waals surface area contributed by atoms with E-state index in [9.17, 15) is 14.7 Å². The number of aromatic carboxylic acids is 1. The predicted octanol–water partition coefficient (Wildman–Crippen LogP) is 2.66. The van der Waals surface area contributed by atoms with E-state index < -0.39 is 11.9 Å². The molecular weight excluding hydrogens is 374 g/mol. The molecule has 0 atom stereocenters. The van der Waals surface area contributed by atoms with Crippen molar-refractivity contribution in [1.82, 2.24) is 0 Å². The van der Waals surface area contributed by atoms with E-state index in [0.29, 0.717) is 24.1 Å². The molecule has 5 N–H and O–H groups in total. The number of rotatable bonds is 2. The predicted molar refractivity (Wildman–Crippen MR) is 101 cm³/mol. The van der Waals surface area contributed by atoms with Crippen molar-refractivity contribution in [3.05, 3.63) is 53.1 Å².